The number of anilines is 1. The van der Waals surface area contributed by atoms with E-state index in [0.29, 0.717) is 6.10 Å². The number of ether oxygens (including phenoxy) is 1. The van der Waals surface area contributed by atoms with Gasteiger partial charge in [0.2, 0.25) is 0 Å². The molecular weight excluding hydrogens is 186 g/mol. The minimum absolute atomic E-state index is 0.0244. The molecule has 80 valence electrons. The van der Waals surface area contributed by atoms with Crippen molar-refractivity contribution in [2.75, 3.05) is 5.73 Å². The molecule has 1 aromatic rings. The molecule has 3 rings (SSSR count). The largest absolute Gasteiger partial charge is 0.399 e. The summed E-state index contributed by atoms with van der Waals surface area (Å²) in [5.41, 5.74) is 7.89. The van der Waals surface area contributed by atoms with Crippen LogP contribution in [0.25, 0.3) is 0 Å². The Morgan fingerprint density at radius 3 is 2.73 bits per heavy atom. The highest BCUT2D eigenvalue weighted by Crippen LogP contribution is 2.48. The number of fused-ring (bicyclic) bond motifs is 2. The molecule has 0 aliphatic carbocycles. The van der Waals surface area contributed by atoms with Crippen LogP contribution in [0.2, 0.25) is 0 Å². The molecule has 2 heteroatoms. The number of nitrogen functional groups attached to an aromatic ring is 1. The van der Waals surface area contributed by atoms with E-state index in [0.717, 1.165) is 5.69 Å². The van der Waals surface area contributed by atoms with Gasteiger partial charge in [0.05, 0.1) is 11.7 Å². The Labute approximate surface area is 90.4 Å². The van der Waals surface area contributed by atoms with Crippen LogP contribution in [0.1, 0.15) is 37.7 Å². The number of hydrogen-bond acceptors (Lipinski definition) is 2. The van der Waals surface area contributed by atoms with Gasteiger partial charge in [0.15, 0.2) is 0 Å². The molecule has 2 aliphatic heterocycles. The predicted octanol–water partition coefficient (Wildman–Crippen LogP) is 2.83. The summed E-state index contributed by atoms with van der Waals surface area (Å²) in [5.74, 6) is 0. The van der Waals surface area contributed by atoms with E-state index in [1.807, 2.05) is 12.1 Å². The van der Waals surface area contributed by atoms with Gasteiger partial charge in [-0.15, -0.1) is 0 Å². The Bertz CT molecular complexity index is 355. The average molecular weight is 203 g/mol. The number of nitrogens with two attached hydrogens (primary N) is 1. The number of benzene rings is 1. The topological polar surface area (TPSA) is 35.2 Å². The van der Waals surface area contributed by atoms with Gasteiger partial charge in [-0.05, 0) is 49.8 Å². The summed E-state index contributed by atoms with van der Waals surface area (Å²) < 4.78 is 6.17. The highest BCUT2D eigenvalue weighted by molar-refractivity contribution is 5.41. The first-order chi connectivity index (χ1) is 7.28. The number of rotatable bonds is 1. The van der Waals surface area contributed by atoms with Gasteiger partial charge in [-0.3, -0.25) is 0 Å². The third-order valence-corrected chi connectivity index (χ3v) is 3.81. The van der Waals surface area contributed by atoms with Gasteiger partial charge < -0.3 is 10.5 Å². The van der Waals surface area contributed by atoms with Crippen molar-refractivity contribution in [3.8, 4) is 0 Å². The maximum absolute atomic E-state index is 6.17. The van der Waals surface area contributed by atoms with E-state index in [2.05, 4.69) is 12.1 Å². The van der Waals surface area contributed by atoms with E-state index in [1.165, 1.54) is 37.7 Å². The summed E-state index contributed by atoms with van der Waals surface area (Å²) in [7, 11) is 0. The van der Waals surface area contributed by atoms with Crippen molar-refractivity contribution in [3.05, 3.63) is 29.8 Å². The normalized spacial score (nSPS) is 34.3. The molecule has 2 atom stereocenters. The lowest BCUT2D eigenvalue weighted by Gasteiger charge is -2.34. The lowest BCUT2D eigenvalue weighted by Crippen LogP contribution is -2.30. The molecule has 2 N–H and O–H groups in total. The molecule has 0 saturated carbocycles. The SMILES string of the molecule is Nc1ccc(C23CCCC(CC2)O3)cc1. The second-order valence-corrected chi connectivity index (χ2v) is 4.79. The summed E-state index contributed by atoms with van der Waals surface area (Å²) in [5, 5.41) is 0. The summed E-state index contributed by atoms with van der Waals surface area (Å²) in [6, 6.07) is 8.22. The van der Waals surface area contributed by atoms with Crippen molar-refractivity contribution in [2.24, 2.45) is 0 Å². The fraction of sp³-hybridized carbons (Fsp3) is 0.538. The highest BCUT2D eigenvalue weighted by Gasteiger charge is 2.44. The van der Waals surface area contributed by atoms with Crippen molar-refractivity contribution >= 4 is 5.69 Å². The molecule has 2 unspecified atom stereocenters. The Morgan fingerprint density at radius 2 is 1.93 bits per heavy atom. The van der Waals surface area contributed by atoms with Crippen molar-refractivity contribution in [1.29, 1.82) is 0 Å². The van der Waals surface area contributed by atoms with Crippen LogP contribution in [0.15, 0.2) is 24.3 Å². The summed E-state index contributed by atoms with van der Waals surface area (Å²) in [6.07, 6.45) is 6.64. The van der Waals surface area contributed by atoms with E-state index in [9.17, 15) is 0 Å². The Kier molecular flexibility index (Phi) is 1.99. The van der Waals surface area contributed by atoms with Crippen molar-refractivity contribution < 1.29 is 4.74 Å². The van der Waals surface area contributed by atoms with Gasteiger partial charge in [-0.2, -0.15) is 0 Å². The van der Waals surface area contributed by atoms with Crippen LogP contribution < -0.4 is 5.73 Å². The third kappa shape index (κ3) is 1.44. The Hall–Kier alpha value is -1.02. The molecule has 15 heavy (non-hydrogen) atoms. The van der Waals surface area contributed by atoms with Crippen LogP contribution in [-0.4, -0.2) is 6.10 Å². The molecule has 2 saturated heterocycles. The van der Waals surface area contributed by atoms with Gasteiger partial charge in [0.25, 0.3) is 0 Å². The standard InChI is InChI=1S/C13H17NO/c14-11-5-3-10(4-6-11)13-8-1-2-12(15-13)7-9-13/h3-6,12H,1-2,7-9,14H2. The second-order valence-electron chi connectivity index (χ2n) is 4.79. The lowest BCUT2D eigenvalue weighted by molar-refractivity contribution is -0.0815. The fourth-order valence-electron chi connectivity index (χ4n) is 2.98. The van der Waals surface area contributed by atoms with Gasteiger partial charge in [0.1, 0.15) is 0 Å². The molecule has 2 fully saturated rings. The van der Waals surface area contributed by atoms with Crippen LogP contribution in [-0.2, 0) is 10.3 Å². The molecule has 0 aromatic heterocycles. The molecule has 2 heterocycles. The van der Waals surface area contributed by atoms with E-state index >= 15 is 0 Å². The smallest absolute Gasteiger partial charge is 0.0936 e. The quantitative estimate of drug-likeness (QED) is 0.712. The molecule has 2 bridgehead atoms. The van der Waals surface area contributed by atoms with Crippen LogP contribution >= 0.6 is 0 Å². The molecule has 0 radical (unpaired) electrons. The van der Waals surface area contributed by atoms with Gasteiger partial charge in [-0.25, -0.2) is 0 Å². The zero-order chi connectivity index (χ0) is 10.3. The van der Waals surface area contributed by atoms with Gasteiger partial charge >= 0.3 is 0 Å². The summed E-state index contributed by atoms with van der Waals surface area (Å²) in [4.78, 5) is 0. The third-order valence-electron chi connectivity index (χ3n) is 3.81. The molecule has 2 aliphatic rings. The minimum atomic E-state index is 0.0244. The molecule has 0 amide bonds. The average Bonchev–Trinajstić information content (AvgIpc) is 2.56. The lowest BCUT2D eigenvalue weighted by atomic mass is 9.87. The molecule has 1 aromatic carbocycles. The van der Waals surface area contributed by atoms with Gasteiger partial charge in [-0.1, -0.05) is 12.1 Å². The zero-order valence-electron chi connectivity index (χ0n) is 8.91. The van der Waals surface area contributed by atoms with E-state index in [4.69, 9.17) is 10.5 Å². The van der Waals surface area contributed by atoms with Gasteiger partial charge in [0, 0.05) is 5.69 Å². The maximum Gasteiger partial charge on any atom is 0.0936 e. The Morgan fingerprint density at radius 1 is 1.13 bits per heavy atom. The van der Waals surface area contributed by atoms with Crippen molar-refractivity contribution in [3.63, 3.8) is 0 Å². The molecular formula is C13H17NO. The van der Waals surface area contributed by atoms with Crippen molar-refractivity contribution in [1.82, 2.24) is 0 Å². The fourth-order valence-corrected chi connectivity index (χ4v) is 2.98. The van der Waals surface area contributed by atoms with Crippen LogP contribution in [0.4, 0.5) is 5.69 Å². The van der Waals surface area contributed by atoms with Crippen LogP contribution in [0, 0.1) is 0 Å². The first-order valence-corrected chi connectivity index (χ1v) is 5.82. The first kappa shape index (κ1) is 9.22. The predicted molar refractivity (Wildman–Crippen MR) is 60.5 cm³/mol. The van der Waals surface area contributed by atoms with E-state index < -0.39 is 0 Å². The van der Waals surface area contributed by atoms with E-state index in [1.54, 1.807) is 0 Å². The van der Waals surface area contributed by atoms with E-state index in [-0.39, 0.29) is 5.60 Å². The zero-order valence-corrected chi connectivity index (χ0v) is 8.91. The monoisotopic (exact) mass is 203 g/mol. The van der Waals surface area contributed by atoms with Crippen LogP contribution in [0.3, 0.4) is 0 Å². The van der Waals surface area contributed by atoms with Crippen LogP contribution in [0.5, 0.6) is 0 Å². The molecule has 0 spiro atoms. The minimum Gasteiger partial charge on any atom is -0.399 e. The maximum atomic E-state index is 6.17. The first-order valence-electron chi connectivity index (χ1n) is 5.82. The second kappa shape index (κ2) is 3.24. The highest BCUT2D eigenvalue weighted by atomic mass is 16.5. The summed E-state index contributed by atoms with van der Waals surface area (Å²) >= 11 is 0. The summed E-state index contributed by atoms with van der Waals surface area (Å²) in [6.45, 7) is 0. The Balaban J connectivity index is 1.95. The molecule has 2 nitrogen and oxygen atoms in total. The number of hydrogen-bond donors (Lipinski definition) is 1. The van der Waals surface area contributed by atoms with Crippen molar-refractivity contribution in [2.45, 2.75) is 43.8 Å².